The summed E-state index contributed by atoms with van der Waals surface area (Å²) in [5.74, 6) is -0.409. The molecular formula is C14H15NO3. The molecule has 0 saturated heterocycles. The molecule has 18 heavy (non-hydrogen) atoms. The van der Waals surface area contributed by atoms with Gasteiger partial charge in [-0.3, -0.25) is 4.79 Å². The molecule has 0 aliphatic heterocycles. The standard InChI is InChI=1S/C14H15NO3/c1-9-3-5-10(6-4-9)13(17)12-14(18)11(16)7-8-15(12)2/h3-8,13,17-18H,1-2H3. The summed E-state index contributed by atoms with van der Waals surface area (Å²) in [5.41, 5.74) is 1.43. The van der Waals surface area contributed by atoms with E-state index in [2.05, 4.69) is 0 Å². The van der Waals surface area contributed by atoms with Crippen LogP contribution >= 0.6 is 0 Å². The quantitative estimate of drug-likeness (QED) is 0.842. The fourth-order valence-corrected chi connectivity index (χ4v) is 1.86. The van der Waals surface area contributed by atoms with E-state index in [-0.39, 0.29) is 5.69 Å². The minimum Gasteiger partial charge on any atom is -0.503 e. The molecule has 4 nitrogen and oxygen atoms in total. The maximum absolute atomic E-state index is 11.4. The molecule has 1 unspecified atom stereocenters. The Bertz CT molecular complexity index is 614. The van der Waals surface area contributed by atoms with Crippen LogP contribution in [0.25, 0.3) is 0 Å². The first-order valence-electron chi connectivity index (χ1n) is 5.64. The normalized spacial score (nSPS) is 12.4. The monoisotopic (exact) mass is 245 g/mol. The third-order valence-corrected chi connectivity index (χ3v) is 2.96. The Balaban J connectivity index is 2.52. The van der Waals surface area contributed by atoms with Gasteiger partial charge in [0, 0.05) is 19.3 Å². The largest absolute Gasteiger partial charge is 0.503 e. The lowest BCUT2D eigenvalue weighted by atomic mass is 10.0. The van der Waals surface area contributed by atoms with Gasteiger partial charge < -0.3 is 14.8 Å². The molecule has 0 aliphatic carbocycles. The van der Waals surface area contributed by atoms with E-state index in [0.29, 0.717) is 5.56 Å². The van der Waals surface area contributed by atoms with E-state index in [9.17, 15) is 15.0 Å². The van der Waals surface area contributed by atoms with Gasteiger partial charge in [-0.25, -0.2) is 0 Å². The van der Waals surface area contributed by atoms with Crippen molar-refractivity contribution >= 4 is 0 Å². The van der Waals surface area contributed by atoms with Crippen molar-refractivity contribution in [2.75, 3.05) is 0 Å². The maximum Gasteiger partial charge on any atom is 0.223 e. The summed E-state index contributed by atoms with van der Waals surface area (Å²) >= 11 is 0. The Morgan fingerprint density at radius 2 is 1.78 bits per heavy atom. The van der Waals surface area contributed by atoms with Crippen molar-refractivity contribution in [3.8, 4) is 5.75 Å². The number of benzene rings is 1. The van der Waals surface area contributed by atoms with Crippen LogP contribution in [0.15, 0.2) is 41.3 Å². The number of aromatic nitrogens is 1. The molecule has 1 atom stereocenters. The summed E-state index contributed by atoms with van der Waals surface area (Å²) in [4.78, 5) is 11.4. The van der Waals surface area contributed by atoms with Crippen molar-refractivity contribution < 1.29 is 10.2 Å². The highest BCUT2D eigenvalue weighted by Crippen LogP contribution is 2.26. The summed E-state index contributed by atoms with van der Waals surface area (Å²) < 4.78 is 1.54. The van der Waals surface area contributed by atoms with E-state index in [4.69, 9.17) is 0 Å². The van der Waals surface area contributed by atoms with Crippen LogP contribution in [0.5, 0.6) is 5.75 Å². The molecule has 0 fully saturated rings. The summed E-state index contributed by atoms with van der Waals surface area (Å²) in [7, 11) is 1.67. The lowest BCUT2D eigenvalue weighted by molar-refractivity contribution is 0.204. The van der Waals surface area contributed by atoms with Crippen molar-refractivity contribution in [3.05, 3.63) is 63.6 Å². The molecule has 0 spiro atoms. The highest BCUT2D eigenvalue weighted by atomic mass is 16.3. The van der Waals surface area contributed by atoms with Crippen LogP contribution in [0.2, 0.25) is 0 Å². The number of hydrogen-bond acceptors (Lipinski definition) is 3. The molecular weight excluding hydrogens is 230 g/mol. The van der Waals surface area contributed by atoms with Gasteiger partial charge in [-0.15, -0.1) is 0 Å². The fourth-order valence-electron chi connectivity index (χ4n) is 1.86. The zero-order chi connectivity index (χ0) is 13.3. The van der Waals surface area contributed by atoms with Crippen LogP contribution in [0, 0.1) is 6.92 Å². The van der Waals surface area contributed by atoms with Crippen LogP contribution in [0.1, 0.15) is 22.9 Å². The predicted octanol–water partition coefficient (Wildman–Crippen LogP) is 1.48. The molecule has 1 heterocycles. The van der Waals surface area contributed by atoms with E-state index in [1.54, 1.807) is 23.7 Å². The highest BCUT2D eigenvalue weighted by molar-refractivity contribution is 5.36. The first-order valence-corrected chi connectivity index (χ1v) is 5.64. The summed E-state index contributed by atoms with van der Waals surface area (Å²) in [6.07, 6.45) is 0.499. The molecule has 2 N–H and O–H groups in total. The van der Waals surface area contributed by atoms with Gasteiger partial charge in [-0.05, 0) is 12.5 Å². The molecule has 0 radical (unpaired) electrons. The Morgan fingerprint density at radius 1 is 1.17 bits per heavy atom. The lowest BCUT2D eigenvalue weighted by Gasteiger charge is -2.16. The first kappa shape index (κ1) is 12.4. The van der Waals surface area contributed by atoms with Crippen molar-refractivity contribution in [1.82, 2.24) is 4.57 Å². The number of aliphatic hydroxyl groups is 1. The van der Waals surface area contributed by atoms with E-state index < -0.39 is 17.3 Å². The second kappa shape index (κ2) is 4.66. The number of aromatic hydroxyl groups is 1. The Hall–Kier alpha value is -2.07. The predicted molar refractivity (Wildman–Crippen MR) is 68.6 cm³/mol. The zero-order valence-electron chi connectivity index (χ0n) is 10.3. The van der Waals surface area contributed by atoms with Crippen LogP contribution < -0.4 is 5.43 Å². The van der Waals surface area contributed by atoms with E-state index in [0.717, 1.165) is 5.56 Å². The van der Waals surface area contributed by atoms with Crippen molar-refractivity contribution in [1.29, 1.82) is 0 Å². The Labute approximate surface area is 105 Å². The number of aryl methyl sites for hydroxylation is 2. The van der Waals surface area contributed by atoms with E-state index in [1.165, 1.54) is 12.3 Å². The zero-order valence-corrected chi connectivity index (χ0v) is 10.3. The van der Waals surface area contributed by atoms with Gasteiger partial charge in [0.25, 0.3) is 0 Å². The molecule has 2 aromatic rings. The van der Waals surface area contributed by atoms with Crippen molar-refractivity contribution in [2.45, 2.75) is 13.0 Å². The van der Waals surface area contributed by atoms with Gasteiger partial charge in [-0.2, -0.15) is 0 Å². The smallest absolute Gasteiger partial charge is 0.223 e. The first-order chi connectivity index (χ1) is 8.50. The van der Waals surface area contributed by atoms with E-state index >= 15 is 0 Å². The average molecular weight is 245 g/mol. The summed E-state index contributed by atoms with van der Waals surface area (Å²) in [6, 6.07) is 8.56. The number of rotatable bonds is 2. The second-order valence-corrected chi connectivity index (χ2v) is 4.34. The van der Waals surface area contributed by atoms with Crippen molar-refractivity contribution in [2.24, 2.45) is 7.05 Å². The molecule has 4 heteroatoms. The molecule has 0 bridgehead atoms. The molecule has 0 amide bonds. The summed E-state index contributed by atoms with van der Waals surface area (Å²) in [5, 5.41) is 20.0. The van der Waals surface area contributed by atoms with Gasteiger partial charge >= 0.3 is 0 Å². The Morgan fingerprint density at radius 3 is 2.39 bits per heavy atom. The average Bonchev–Trinajstić information content (AvgIpc) is 2.35. The molecule has 1 aromatic heterocycles. The molecule has 0 saturated carbocycles. The number of nitrogens with zero attached hydrogens (tertiary/aromatic N) is 1. The van der Waals surface area contributed by atoms with Gasteiger partial charge in [0.1, 0.15) is 6.10 Å². The minimum atomic E-state index is -1.02. The van der Waals surface area contributed by atoms with Gasteiger partial charge in [0.15, 0.2) is 5.75 Å². The molecule has 1 aromatic carbocycles. The van der Waals surface area contributed by atoms with E-state index in [1.807, 2.05) is 19.1 Å². The summed E-state index contributed by atoms with van der Waals surface area (Å²) in [6.45, 7) is 1.95. The molecule has 2 rings (SSSR count). The van der Waals surface area contributed by atoms with Crippen LogP contribution in [-0.4, -0.2) is 14.8 Å². The maximum atomic E-state index is 11.4. The highest BCUT2D eigenvalue weighted by Gasteiger charge is 2.18. The minimum absolute atomic E-state index is 0.200. The van der Waals surface area contributed by atoms with Crippen LogP contribution in [-0.2, 0) is 7.05 Å². The molecule has 0 aliphatic rings. The van der Waals surface area contributed by atoms with Crippen LogP contribution in [0.3, 0.4) is 0 Å². The number of hydrogen-bond donors (Lipinski definition) is 2. The lowest BCUT2D eigenvalue weighted by Crippen LogP contribution is -2.14. The second-order valence-electron chi connectivity index (χ2n) is 4.34. The van der Waals surface area contributed by atoms with Crippen molar-refractivity contribution in [3.63, 3.8) is 0 Å². The Kier molecular flexibility index (Phi) is 3.21. The van der Waals surface area contributed by atoms with Gasteiger partial charge in [0.2, 0.25) is 5.43 Å². The topological polar surface area (TPSA) is 62.5 Å². The van der Waals surface area contributed by atoms with Crippen LogP contribution in [0.4, 0.5) is 0 Å². The third kappa shape index (κ3) is 2.15. The fraction of sp³-hybridized carbons (Fsp3) is 0.214. The van der Waals surface area contributed by atoms with Gasteiger partial charge in [0.05, 0.1) is 5.69 Å². The number of pyridine rings is 1. The SMILES string of the molecule is Cc1ccc(C(O)c2c(O)c(=O)ccn2C)cc1. The number of aliphatic hydroxyl groups excluding tert-OH is 1. The third-order valence-electron chi connectivity index (χ3n) is 2.96. The van der Waals surface area contributed by atoms with Gasteiger partial charge in [-0.1, -0.05) is 29.8 Å². The molecule has 94 valence electrons.